The van der Waals surface area contributed by atoms with Crippen LogP contribution < -0.4 is 5.73 Å². The number of aromatic amines is 1. The van der Waals surface area contributed by atoms with E-state index in [1.54, 1.807) is 18.3 Å². The number of aromatic nitrogens is 1. The maximum absolute atomic E-state index is 13.4. The standard InChI is InChI=1S/C11H11FN2/c1-2-7-6-14-11-3-8(5-13)10(12)4-9(7)11/h2-4,6,14H,1,5,13H2. The third-order valence-electron chi connectivity index (χ3n) is 2.32. The van der Waals surface area contributed by atoms with E-state index in [4.69, 9.17) is 5.73 Å². The lowest BCUT2D eigenvalue weighted by molar-refractivity contribution is 0.612. The van der Waals surface area contributed by atoms with E-state index in [0.717, 1.165) is 16.5 Å². The first-order chi connectivity index (χ1) is 6.76. The summed E-state index contributed by atoms with van der Waals surface area (Å²) in [5.41, 5.74) is 7.73. The third-order valence-corrected chi connectivity index (χ3v) is 2.32. The second-order valence-electron chi connectivity index (χ2n) is 3.14. The fourth-order valence-electron chi connectivity index (χ4n) is 1.53. The van der Waals surface area contributed by atoms with Crippen molar-refractivity contribution in [1.82, 2.24) is 4.98 Å². The number of rotatable bonds is 2. The van der Waals surface area contributed by atoms with Gasteiger partial charge in [0.2, 0.25) is 0 Å². The minimum Gasteiger partial charge on any atom is -0.361 e. The maximum atomic E-state index is 13.4. The highest BCUT2D eigenvalue weighted by atomic mass is 19.1. The summed E-state index contributed by atoms with van der Waals surface area (Å²) in [7, 11) is 0. The molecular formula is C11H11FN2. The molecule has 0 amide bonds. The van der Waals surface area contributed by atoms with Crippen LogP contribution in [0.4, 0.5) is 4.39 Å². The van der Waals surface area contributed by atoms with E-state index in [1.807, 2.05) is 0 Å². The van der Waals surface area contributed by atoms with Crippen LogP contribution in [0.2, 0.25) is 0 Å². The van der Waals surface area contributed by atoms with Crippen molar-refractivity contribution in [2.24, 2.45) is 5.73 Å². The molecule has 0 aliphatic rings. The van der Waals surface area contributed by atoms with Gasteiger partial charge in [-0.25, -0.2) is 4.39 Å². The summed E-state index contributed by atoms with van der Waals surface area (Å²) in [6.45, 7) is 3.87. The van der Waals surface area contributed by atoms with Crippen LogP contribution in [0.1, 0.15) is 11.1 Å². The van der Waals surface area contributed by atoms with Gasteiger partial charge in [0, 0.05) is 29.2 Å². The summed E-state index contributed by atoms with van der Waals surface area (Å²) in [4.78, 5) is 3.05. The van der Waals surface area contributed by atoms with E-state index >= 15 is 0 Å². The lowest BCUT2D eigenvalue weighted by Crippen LogP contribution is -1.99. The fraction of sp³-hybridized carbons (Fsp3) is 0.0909. The third kappa shape index (κ3) is 1.22. The molecule has 1 heterocycles. The van der Waals surface area contributed by atoms with Gasteiger partial charge in [-0.15, -0.1) is 0 Å². The van der Waals surface area contributed by atoms with Crippen LogP contribution in [0.25, 0.3) is 17.0 Å². The number of nitrogens with two attached hydrogens (primary N) is 1. The normalized spacial score (nSPS) is 10.7. The number of benzene rings is 1. The number of halogens is 1. The molecule has 0 aliphatic carbocycles. The average Bonchev–Trinajstić information content (AvgIpc) is 2.58. The Bertz CT molecular complexity index is 485. The van der Waals surface area contributed by atoms with Crippen LogP contribution in [-0.2, 0) is 6.54 Å². The Morgan fingerprint density at radius 2 is 2.29 bits per heavy atom. The van der Waals surface area contributed by atoms with Crippen molar-refractivity contribution in [3.8, 4) is 0 Å². The molecule has 0 saturated heterocycles. The van der Waals surface area contributed by atoms with Crippen LogP contribution in [0.3, 0.4) is 0 Å². The molecule has 3 heteroatoms. The molecule has 2 rings (SSSR count). The number of hydrogen-bond donors (Lipinski definition) is 2. The highest BCUT2D eigenvalue weighted by molar-refractivity contribution is 5.89. The van der Waals surface area contributed by atoms with Gasteiger partial charge < -0.3 is 10.7 Å². The monoisotopic (exact) mass is 190 g/mol. The van der Waals surface area contributed by atoms with Gasteiger partial charge in [0.25, 0.3) is 0 Å². The molecule has 14 heavy (non-hydrogen) atoms. The molecule has 1 aromatic carbocycles. The Kier molecular flexibility index (Phi) is 2.09. The summed E-state index contributed by atoms with van der Waals surface area (Å²) in [5, 5.41) is 0.842. The predicted octanol–water partition coefficient (Wildman–Crippen LogP) is 2.41. The quantitative estimate of drug-likeness (QED) is 0.750. The molecule has 0 fully saturated rings. The number of nitrogens with one attached hydrogen (secondary N) is 1. The molecule has 0 saturated carbocycles. The van der Waals surface area contributed by atoms with E-state index in [1.165, 1.54) is 6.07 Å². The zero-order chi connectivity index (χ0) is 10.1. The molecule has 0 aliphatic heterocycles. The van der Waals surface area contributed by atoms with Crippen LogP contribution in [-0.4, -0.2) is 4.98 Å². The highest BCUT2D eigenvalue weighted by Crippen LogP contribution is 2.22. The van der Waals surface area contributed by atoms with Crippen molar-refractivity contribution < 1.29 is 4.39 Å². The van der Waals surface area contributed by atoms with Crippen molar-refractivity contribution >= 4 is 17.0 Å². The van der Waals surface area contributed by atoms with E-state index in [9.17, 15) is 4.39 Å². The first-order valence-corrected chi connectivity index (χ1v) is 4.38. The summed E-state index contributed by atoms with van der Waals surface area (Å²) in [6, 6.07) is 3.22. The van der Waals surface area contributed by atoms with E-state index in [2.05, 4.69) is 11.6 Å². The predicted molar refractivity (Wildman–Crippen MR) is 56.2 cm³/mol. The molecule has 1 aromatic heterocycles. The molecule has 2 nitrogen and oxygen atoms in total. The summed E-state index contributed by atoms with van der Waals surface area (Å²) in [6.07, 6.45) is 3.50. The number of hydrogen-bond acceptors (Lipinski definition) is 1. The van der Waals surface area contributed by atoms with Crippen molar-refractivity contribution in [3.05, 3.63) is 41.9 Å². The Morgan fingerprint density at radius 1 is 1.50 bits per heavy atom. The average molecular weight is 190 g/mol. The van der Waals surface area contributed by atoms with E-state index in [0.29, 0.717) is 5.56 Å². The zero-order valence-electron chi connectivity index (χ0n) is 7.68. The molecule has 72 valence electrons. The van der Waals surface area contributed by atoms with Crippen LogP contribution >= 0.6 is 0 Å². The van der Waals surface area contributed by atoms with E-state index in [-0.39, 0.29) is 12.4 Å². The van der Waals surface area contributed by atoms with Crippen LogP contribution in [0, 0.1) is 5.82 Å². The van der Waals surface area contributed by atoms with E-state index < -0.39 is 0 Å². The van der Waals surface area contributed by atoms with Crippen molar-refractivity contribution in [3.63, 3.8) is 0 Å². The summed E-state index contributed by atoms with van der Waals surface area (Å²) >= 11 is 0. The molecule has 0 bridgehead atoms. The minimum atomic E-state index is -0.261. The van der Waals surface area contributed by atoms with Gasteiger partial charge in [0.05, 0.1) is 0 Å². The maximum Gasteiger partial charge on any atom is 0.128 e. The van der Waals surface area contributed by atoms with Gasteiger partial charge in [-0.05, 0) is 17.7 Å². The van der Waals surface area contributed by atoms with Crippen LogP contribution in [0.5, 0.6) is 0 Å². The largest absolute Gasteiger partial charge is 0.361 e. The minimum absolute atomic E-state index is 0.213. The molecule has 3 N–H and O–H groups in total. The van der Waals surface area contributed by atoms with Gasteiger partial charge in [-0.1, -0.05) is 12.7 Å². The second-order valence-corrected chi connectivity index (χ2v) is 3.14. The molecule has 0 unspecified atom stereocenters. The van der Waals surface area contributed by atoms with Gasteiger partial charge in [-0.3, -0.25) is 0 Å². The van der Waals surface area contributed by atoms with Crippen molar-refractivity contribution in [2.75, 3.05) is 0 Å². The smallest absolute Gasteiger partial charge is 0.128 e. The first kappa shape index (κ1) is 8.97. The molecule has 0 spiro atoms. The topological polar surface area (TPSA) is 41.8 Å². The highest BCUT2D eigenvalue weighted by Gasteiger charge is 2.06. The van der Waals surface area contributed by atoms with Gasteiger partial charge in [-0.2, -0.15) is 0 Å². The van der Waals surface area contributed by atoms with Crippen molar-refractivity contribution in [1.29, 1.82) is 0 Å². The Balaban J connectivity index is 2.75. The Labute approximate surface area is 81.2 Å². The second kappa shape index (κ2) is 3.27. The van der Waals surface area contributed by atoms with Gasteiger partial charge in [0.1, 0.15) is 5.82 Å². The van der Waals surface area contributed by atoms with Gasteiger partial charge >= 0.3 is 0 Å². The Hall–Kier alpha value is -1.61. The molecule has 0 radical (unpaired) electrons. The SMILES string of the molecule is C=Cc1c[nH]c2cc(CN)c(F)cc12. The Morgan fingerprint density at radius 3 is 2.93 bits per heavy atom. The lowest BCUT2D eigenvalue weighted by atomic mass is 10.1. The van der Waals surface area contributed by atoms with Crippen molar-refractivity contribution in [2.45, 2.75) is 6.54 Å². The molecule has 2 aromatic rings. The van der Waals surface area contributed by atoms with Gasteiger partial charge in [0.15, 0.2) is 0 Å². The van der Waals surface area contributed by atoms with Crippen LogP contribution in [0.15, 0.2) is 24.9 Å². The molecule has 0 atom stereocenters. The lowest BCUT2D eigenvalue weighted by Gasteiger charge is -2.00. The fourth-order valence-corrected chi connectivity index (χ4v) is 1.53. The molecular weight excluding hydrogens is 179 g/mol. The zero-order valence-corrected chi connectivity index (χ0v) is 7.68. The summed E-state index contributed by atoms with van der Waals surface area (Å²) in [5.74, 6) is -0.261. The first-order valence-electron chi connectivity index (χ1n) is 4.38. The number of fused-ring (bicyclic) bond motifs is 1. The summed E-state index contributed by atoms with van der Waals surface area (Å²) < 4.78 is 13.4. The number of H-pyrrole nitrogens is 1.